The zero-order chi connectivity index (χ0) is 11.5. The van der Waals surface area contributed by atoms with Gasteiger partial charge in [0.2, 0.25) is 0 Å². The van der Waals surface area contributed by atoms with Crippen molar-refractivity contribution < 1.29 is 13.2 Å². The van der Waals surface area contributed by atoms with Gasteiger partial charge >= 0.3 is 6.18 Å². The number of hydrogen-bond donors (Lipinski definition) is 0. The molecule has 15 heavy (non-hydrogen) atoms. The van der Waals surface area contributed by atoms with Gasteiger partial charge in [0.1, 0.15) is 0 Å². The molecule has 0 heterocycles. The molecule has 0 aliphatic rings. The van der Waals surface area contributed by atoms with Crippen molar-refractivity contribution in [2.24, 2.45) is 0 Å². The predicted molar refractivity (Wildman–Crippen MR) is 59.0 cm³/mol. The van der Waals surface area contributed by atoms with E-state index in [1.165, 1.54) is 0 Å². The van der Waals surface area contributed by atoms with E-state index in [4.69, 9.17) is 0 Å². The highest BCUT2D eigenvalue weighted by atomic mass is 79.9. The molecule has 0 radical (unpaired) electrons. The van der Waals surface area contributed by atoms with Crippen molar-refractivity contribution >= 4 is 22.0 Å². The molecule has 1 aromatic rings. The largest absolute Gasteiger partial charge is 0.416 e. The SMILES string of the molecule is Cc1cc(/C=C\CBr)cc(C(F)(F)F)c1. The van der Waals surface area contributed by atoms with Crippen molar-refractivity contribution in [3.05, 3.63) is 41.0 Å². The third-order valence-electron chi connectivity index (χ3n) is 1.83. The van der Waals surface area contributed by atoms with Crippen LogP contribution in [0, 0.1) is 6.92 Å². The average molecular weight is 279 g/mol. The number of halogens is 4. The molecule has 0 saturated heterocycles. The van der Waals surface area contributed by atoms with Crippen LogP contribution < -0.4 is 0 Å². The van der Waals surface area contributed by atoms with E-state index >= 15 is 0 Å². The Labute approximate surface area is 94.9 Å². The van der Waals surface area contributed by atoms with Gasteiger partial charge < -0.3 is 0 Å². The van der Waals surface area contributed by atoms with Crippen molar-refractivity contribution in [3.63, 3.8) is 0 Å². The molecular weight excluding hydrogens is 269 g/mol. The van der Waals surface area contributed by atoms with Gasteiger partial charge in [0.15, 0.2) is 0 Å². The molecule has 82 valence electrons. The highest BCUT2D eigenvalue weighted by Crippen LogP contribution is 2.30. The van der Waals surface area contributed by atoms with Crippen LogP contribution in [0.5, 0.6) is 0 Å². The van der Waals surface area contributed by atoms with Gasteiger partial charge in [-0.3, -0.25) is 0 Å². The second-order valence-corrected chi connectivity index (χ2v) is 3.83. The first kappa shape index (κ1) is 12.3. The minimum Gasteiger partial charge on any atom is -0.166 e. The van der Waals surface area contributed by atoms with E-state index in [2.05, 4.69) is 15.9 Å². The van der Waals surface area contributed by atoms with Crippen LogP contribution in [0.25, 0.3) is 6.08 Å². The topological polar surface area (TPSA) is 0 Å². The molecule has 1 aromatic carbocycles. The van der Waals surface area contributed by atoms with E-state index in [0.717, 1.165) is 12.1 Å². The Morgan fingerprint density at radius 1 is 1.27 bits per heavy atom. The van der Waals surface area contributed by atoms with Gasteiger partial charge in [0, 0.05) is 5.33 Å². The third kappa shape index (κ3) is 3.70. The predicted octanol–water partition coefficient (Wildman–Crippen LogP) is 4.42. The zero-order valence-electron chi connectivity index (χ0n) is 8.11. The minimum atomic E-state index is -4.27. The van der Waals surface area contributed by atoms with Crippen LogP contribution in [0.15, 0.2) is 24.3 Å². The van der Waals surface area contributed by atoms with Crippen LogP contribution in [0.4, 0.5) is 13.2 Å². The summed E-state index contributed by atoms with van der Waals surface area (Å²) in [5.41, 5.74) is 0.581. The van der Waals surface area contributed by atoms with Crippen LogP contribution >= 0.6 is 15.9 Å². The summed E-state index contributed by atoms with van der Waals surface area (Å²) in [5, 5.41) is 0.627. The van der Waals surface area contributed by atoms with Gasteiger partial charge in [0.05, 0.1) is 5.56 Å². The lowest BCUT2D eigenvalue weighted by atomic mass is 10.1. The number of aryl methyl sites for hydroxylation is 1. The first-order valence-corrected chi connectivity index (χ1v) is 5.47. The molecule has 0 atom stereocenters. The summed E-state index contributed by atoms with van der Waals surface area (Å²) in [7, 11) is 0. The van der Waals surface area contributed by atoms with Crippen LogP contribution in [-0.2, 0) is 6.18 Å². The Bertz CT molecular complexity index is 367. The van der Waals surface area contributed by atoms with Crippen molar-refractivity contribution in [3.8, 4) is 0 Å². The maximum absolute atomic E-state index is 12.4. The summed E-state index contributed by atoms with van der Waals surface area (Å²) in [4.78, 5) is 0. The normalized spacial score (nSPS) is 12.3. The molecule has 0 nitrogen and oxygen atoms in total. The monoisotopic (exact) mass is 278 g/mol. The Kier molecular flexibility index (Phi) is 3.97. The van der Waals surface area contributed by atoms with E-state index in [0.29, 0.717) is 16.5 Å². The van der Waals surface area contributed by atoms with E-state index in [9.17, 15) is 13.2 Å². The molecule has 0 aromatic heterocycles. The number of benzene rings is 1. The van der Waals surface area contributed by atoms with Crippen molar-refractivity contribution in [2.45, 2.75) is 13.1 Å². The van der Waals surface area contributed by atoms with Crippen LogP contribution in [-0.4, -0.2) is 5.33 Å². The standard InChI is InChI=1S/C11H10BrF3/c1-8-5-9(3-2-4-12)7-10(6-8)11(13,14)15/h2-3,5-7H,4H2,1H3/b3-2-. The summed E-state index contributed by atoms with van der Waals surface area (Å²) in [6.07, 6.45) is -0.852. The first-order chi connectivity index (χ1) is 6.93. The highest BCUT2D eigenvalue weighted by Gasteiger charge is 2.30. The first-order valence-electron chi connectivity index (χ1n) is 4.35. The average Bonchev–Trinajstić information content (AvgIpc) is 2.12. The molecule has 0 unspecified atom stereocenters. The summed E-state index contributed by atoms with van der Waals surface area (Å²) in [5.74, 6) is 0. The number of allylic oxidation sites excluding steroid dienone is 1. The third-order valence-corrected chi connectivity index (χ3v) is 2.20. The van der Waals surface area contributed by atoms with Gasteiger partial charge in [-0.05, 0) is 30.2 Å². The van der Waals surface area contributed by atoms with Crippen molar-refractivity contribution in [1.29, 1.82) is 0 Å². The number of rotatable bonds is 2. The summed E-state index contributed by atoms with van der Waals surface area (Å²) in [6.45, 7) is 1.65. The molecule has 0 saturated carbocycles. The van der Waals surface area contributed by atoms with Crippen molar-refractivity contribution in [2.75, 3.05) is 5.33 Å². The minimum absolute atomic E-state index is 0.571. The lowest BCUT2D eigenvalue weighted by Crippen LogP contribution is -2.05. The molecular formula is C11H10BrF3. The quantitative estimate of drug-likeness (QED) is 0.703. The van der Waals surface area contributed by atoms with Gasteiger partial charge in [-0.2, -0.15) is 13.2 Å². The van der Waals surface area contributed by atoms with E-state index in [1.54, 1.807) is 25.1 Å². The van der Waals surface area contributed by atoms with E-state index in [1.807, 2.05) is 0 Å². The van der Waals surface area contributed by atoms with Crippen LogP contribution in [0.1, 0.15) is 16.7 Å². The fourth-order valence-corrected chi connectivity index (χ4v) is 1.44. The molecule has 0 bridgehead atoms. The Balaban J connectivity index is 3.11. The van der Waals surface area contributed by atoms with E-state index in [-0.39, 0.29) is 0 Å². The Morgan fingerprint density at radius 3 is 2.47 bits per heavy atom. The highest BCUT2D eigenvalue weighted by molar-refractivity contribution is 9.09. The van der Waals surface area contributed by atoms with Crippen molar-refractivity contribution in [1.82, 2.24) is 0 Å². The van der Waals surface area contributed by atoms with Gasteiger partial charge in [-0.1, -0.05) is 34.1 Å². The molecule has 4 heteroatoms. The van der Waals surface area contributed by atoms with Gasteiger partial charge in [-0.25, -0.2) is 0 Å². The Hall–Kier alpha value is -0.770. The number of hydrogen-bond acceptors (Lipinski definition) is 0. The molecule has 1 rings (SSSR count). The summed E-state index contributed by atoms with van der Waals surface area (Å²) in [6, 6.07) is 4.01. The number of alkyl halides is 4. The summed E-state index contributed by atoms with van der Waals surface area (Å²) >= 11 is 3.17. The van der Waals surface area contributed by atoms with Crippen LogP contribution in [0.3, 0.4) is 0 Å². The fourth-order valence-electron chi connectivity index (χ4n) is 1.25. The molecule has 0 N–H and O–H groups in total. The molecule has 0 aliphatic heterocycles. The van der Waals surface area contributed by atoms with Gasteiger partial charge in [0.25, 0.3) is 0 Å². The zero-order valence-corrected chi connectivity index (χ0v) is 9.69. The fraction of sp³-hybridized carbons (Fsp3) is 0.273. The maximum atomic E-state index is 12.4. The lowest BCUT2D eigenvalue weighted by Gasteiger charge is -2.08. The molecule has 0 amide bonds. The Morgan fingerprint density at radius 2 is 1.93 bits per heavy atom. The second-order valence-electron chi connectivity index (χ2n) is 3.19. The smallest absolute Gasteiger partial charge is 0.166 e. The lowest BCUT2D eigenvalue weighted by molar-refractivity contribution is -0.137. The molecule has 0 spiro atoms. The molecule has 0 aliphatic carbocycles. The second kappa shape index (κ2) is 4.84. The van der Waals surface area contributed by atoms with Gasteiger partial charge in [-0.15, -0.1) is 0 Å². The maximum Gasteiger partial charge on any atom is 0.416 e. The summed E-state index contributed by atoms with van der Waals surface area (Å²) < 4.78 is 37.3. The van der Waals surface area contributed by atoms with E-state index < -0.39 is 11.7 Å². The molecule has 0 fully saturated rings. The van der Waals surface area contributed by atoms with Crippen LogP contribution in [0.2, 0.25) is 0 Å².